The molecule has 0 fully saturated rings. The van der Waals surface area contributed by atoms with Crippen LogP contribution in [-0.4, -0.2) is 25.2 Å². The van der Waals surface area contributed by atoms with E-state index in [0.29, 0.717) is 13.2 Å². The summed E-state index contributed by atoms with van der Waals surface area (Å²) in [7, 11) is 1.78. The van der Waals surface area contributed by atoms with Crippen LogP contribution in [0.15, 0.2) is 24.4 Å². The van der Waals surface area contributed by atoms with Crippen LogP contribution in [0, 0.1) is 0 Å². The lowest BCUT2D eigenvalue weighted by molar-refractivity contribution is 0.129. The number of nitrogens with zero attached hydrogens (tertiary/aromatic N) is 2. The largest absolute Gasteiger partial charge is 0.663 e. The average molecular weight is 165 g/mol. The van der Waals surface area contributed by atoms with Crippen molar-refractivity contribution in [1.82, 2.24) is 4.98 Å². The highest BCUT2D eigenvalue weighted by molar-refractivity contribution is 5.01. The van der Waals surface area contributed by atoms with E-state index >= 15 is 0 Å². The van der Waals surface area contributed by atoms with Gasteiger partial charge in [-0.2, -0.15) is 7.05 Å². The zero-order valence-electron chi connectivity index (χ0n) is 7.23. The molecule has 0 saturated heterocycles. The molecule has 0 aliphatic heterocycles. The number of pyridine rings is 1. The molecule has 3 nitrogen and oxygen atoms in total. The minimum absolute atomic E-state index is 0.580. The number of ether oxygens (including phenoxy) is 1. The Morgan fingerprint density at radius 1 is 1.50 bits per heavy atom. The van der Waals surface area contributed by atoms with Crippen molar-refractivity contribution in [3.05, 3.63) is 35.4 Å². The molecule has 0 unspecified atom stereocenters. The maximum atomic E-state index is 5.30. The molecule has 0 amide bonds. The molecule has 0 N–H and O–H groups in total. The van der Waals surface area contributed by atoms with Crippen LogP contribution in [-0.2, 0) is 11.3 Å². The van der Waals surface area contributed by atoms with Gasteiger partial charge in [0.1, 0.15) is 0 Å². The molecule has 12 heavy (non-hydrogen) atoms. The molecule has 1 heterocycles. The van der Waals surface area contributed by atoms with Crippen LogP contribution in [0.5, 0.6) is 0 Å². The minimum atomic E-state index is 0.580. The van der Waals surface area contributed by atoms with Gasteiger partial charge >= 0.3 is 0 Å². The van der Waals surface area contributed by atoms with Gasteiger partial charge in [0.25, 0.3) is 0 Å². The Labute approximate surface area is 72.8 Å². The summed E-state index contributed by atoms with van der Waals surface area (Å²) in [5.74, 6) is 0. The topological polar surface area (TPSA) is 36.2 Å². The van der Waals surface area contributed by atoms with Crippen molar-refractivity contribution in [3.8, 4) is 0 Å². The molecule has 1 aromatic rings. The van der Waals surface area contributed by atoms with Gasteiger partial charge in [-0.3, -0.25) is 4.98 Å². The zero-order chi connectivity index (χ0) is 8.65. The van der Waals surface area contributed by atoms with Gasteiger partial charge in [0.05, 0.1) is 12.3 Å². The van der Waals surface area contributed by atoms with E-state index in [1.807, 2.05) is 18.2 Å². The summed E-state index contributed by atoms with van der Waals surface area (Å²) in [6.07, 6.45) is 1.77. The van der Waals surface area contributed by atoms with E-state index in [4.69, 9.17) is 4.74 Å². The second kappa shape index (κ2) is 5.69. The summed E-state index contributed by atoms with van der Waals surface area (Å²) < 4.78 is 5.30. The maximum Gasteiger partial charge on any atom is 0.0886 e. The number of aromatic nitrogens is 1. The summed E-state index contributed by atoms with van der Waals surface area (Å²) >= 11 is 0. The van der Waals surface area contributed by atoms with Crippen LogP contribution >= 0.6 is 0 Å². The number of likely N-dealkylation sites (N-methyl/N-ethyl adjacent to an activating group) is 1. The summed E-state index contributed by atoms with van der Waals surface area (Å²) in [5.41, 5.74) is 0.966. The van der Waals surface area contributed by atoms with Crippen molar-refractivity contribution in [2.75, 3.05) is 20.2 Å². The maximum absolute atomic E-state index is 5.30. The predicted molar refractivity (Wildman–Crippen MR) is 48.0 cm³/mol. The summed E-state index contributed by atoms with van der Waals surface area (Å²) in [4.78, 5) is 4.12. The van der Waals surface area contributed by atoms with Crippen molar-refractivity contribution in [2.45, 2.75) is 6.61 Å². The quantitative estimate of drug-likeness (QED) is 0.621. The fraction of sp³-hybridized carbons (Fsp3) is 0.444. The molecule has 0 aromatic carbocycles. The standard InChI is InChI=1S/C9H13N2O/c1-10-6-7-12-8-9-4-2-3-5-11-9/h2-5H,6-8H2,1H3/q-1. The van der Waals surface area contributed by atoms with E-state index in [9.17, 15) is 0 Å². The normalized spacial score (nSPS) is 10.1. The number of rotatable bonds is 5. The second-order valence-electron chi connectivity index (χ2n) is 2.41. The molecule has 3 heteroatoms. The number of hydrogen-bond acceptors (Lipinski definition) is 2. The number of hydrogen-bond donors (Lipinski definition) is 0. The summed E-state index contributed by atoms with van der Waals surface area (Å²) in [5, 5.41) is 3.92. The van der Waals surface area contributed by atoms with Crippen molar-refractivity contribution in [1.29, 1.82) is 0 Å². The van der Waals surface area contributed by atoms with Gasteiger partial charge in [-0.15, -0.1) is 6.54 Å². The van der Waals surface area contributed by atoms with E-state index in [0.717, 1.165) is 12.2 Å². The van der Waals surface area contributed by atoms with Gasteiger partial charge in [0, 0.05) is 12.8 Å². The van der Waals surface area contributed by atoms with E-state index in [1.54, 1.807) is 13.2 Å². The van der Waals surface area contributed by atoms with E-state index < -0.39 is 0 Å². The Balaban J connectivity index is 2.16. The molecular formula is C9H13N2O-. The second-order valence-corrected chi connectivity index (χ2v) is 2.41. The predicted octanol–water partition coefficient (Wildman–Crippen LogP) is 1.60. The van der Waals surface area contributed by atoms with Crippen molar-refractivity contribution >= 4 is 0 Å². The van der Waals surface area contributed by atoms with E-state index in [-0.39, 0.29) is 0 Å². The highest BCUT2D eigenvalue weighted by Crippen LogP contribution is 1.95. The van der Waals surface area contributed by atoms with E-state index in [2.05, 4.69) is 10.3 Å². The molecule has 1 rings (SSSR count). The van der Waals surface area contributed by atoms with Crippen LogP contribution in [0.1, 0.15) is 5.69 Å². The molecule has 0 atom stereocenters. The van der Waals surface area contributed by atoms with Crippen LogP contribution in [0.3, 0.4) is 0 Å². The van der Waals surface area contributed by atoms with Gasteiger partial charge in [-0.05, 0) is 12.1 Å². The first-order valence-corrected chi connectivity index (χ1v) is 3.96. The molecule has 0 radical (unpaired) electrons. The third-order valence-corrected chi connectivity index (χ3v) is 1.44. The highest BCUT2D eigenvalue weighted by Gasteiger charge is 1.89. The summed E-state index contributed by atoms with van der Waals surface area (Å²) in [6.45, 7) is 2.01. The van der Waals surface area contributed by atoms with Gasteiger partial charge in [-0.25, -0.2) is 0 Å². The Bertz CT molecular complexity index is 201. The molecule has 0 aliphatic carbocycles. The molecule has 0 saturated carbocycles. The lowest BCUT2D eigenvalue weighted by atomic mass is 10.4. The molecular weight excluding hydrogens is 152 g/mol. The van der Waals surface area contributed by atoms with Crippen molar-refractivity contribution < 1.29 is 4.74 Å². The van der Waals surface area contributed by atoms with Crippen LogP contribution in [0.2, 0.25) is 0 Å². The molecule has 0 spiro atoms. The lowest BCUT2D eigenvalue weighted by Gasteiger charge is -2.10. The monoisotopic (exact) mass is 165 g/mol. The smallest absolute Gasteiger partial charge is 0.0886 e. The molecule has 0 bridgehead atoms. The Morgan fingerprint density at radius 3 is 3.08 bits per heavy atom. The average Bonchev–Trinajstić information content (AvgIpc) is 2.14. The van der Waals surface area contributed by atoms with Crippen LogP contribution in [0.4, 0.5) is 0 Å². The first kappa shape index (κ1) is 9.16. The summed E-state index contributed by atoms with van der Waals surface area (Å²) in [6, 6.07) is 5.80. The highest BCUT2D eigenvalue weighted by atomic mass is 16.5. The van der Waals surface area contributed by atoms with Crippen molar-refractivity contribution in [3.63, 3.8) is 0 Å². The third kappa shape index (κ3) is 3.46. The van der Waals surface area contributed by atoms with Gasteiger partial charge in [0.2, 0.25) is 0 Å². The van der Waals surface area contributed by atoms with Crippen molar-refractivity contribution in [2.24, 2.45) is 0 Å². The first-order valence-electron chi connectivity index (χ1n) is 3.96. The Morgan fingerprint density at radius 2 is 2.42 bits per heavy atom. The SMILES string of the molecule is C[N-]CCOCc1ccccn1. The lowest BCUT2D eigenvalue weighted by Crippen LogP contribution is -2.00. The van der Waals surface area contributed by atoms with Crippen LogP contribution in [0.25, 0.3) is 5.32 Å². The van der Waals surface area contributed by atoms with Gasteiger partial charge in [-0.1, -0.05) is 6.07 Å². The molecule has 1 aromatic heterocycles. The van der Waals surface area contributed by atoms with Gasteiger partial charge < -0.3 is 10.1 Å². The van der Waals surface area contributed by atoms with Gasteiger partial charge in [0.15, 0.2) is 0 Å². The fourth-order valence-corrected chi connectivity index (χ4v) is 0.816. The minimum Gasteiger partial charge on any atom is -0.663 e. The third-order valence-electron chi connectivity index (χ3n) is 1.44. The molecule has 66 valence electrons. The van der Waals surface area contributed by atoms with Crippen LogP contribution < -0.4 is 0 Å². The fourth-order valence-electron chi connectivity index (χ4n) is 0.816. The first-order chi connectivity index (χ1) is 5.93. The Kier molecular flexibility index (Phi) is 4.34. The molecule has 0 aliphatic rings. The van der Waals surface area contributed by atoms with E-state index in [1.165, 1.54) is 0 Å². The zero-order valence-corrected chi connectivity index (χ0v) is 7.23. The Hall–Kier alpha value is -0.930.